The maximum atomic E-state index is 12.6. The molecule has 0 radical (unpaired) electrons. The quantitative estimate of drug-likeness (QED) is 0.774. The number of piperidine rings is 1. The monoisotopic (exact) mass is 413 g/mol. The van der Waals surface area contributed by atoms with E-state index in [0.717, 1.165) is 41.4 Å². The summed E-state index contributed by atoms with van der Waals surface area (Å²) in [7, 11) is 2.14. The minimum absolute atomic E-state index is 0.185. The van der Waals surface area contributed by atoms with Crippen molar-refractivity contribution in [1.82, 2.24) is 10.2 Å². The van der Waals surface area contributed by atoms with Crippen LogP contribution in [0, 0.1) is 5.92 Å². The molecule has 2 N–H and O–H groups in total. The number of nitrogens with one attached hydrogen (secondary N) is 2. The second-order valence-corrected chi connectivity index (χ2v) is 8.60. The topological polar surface area (TPSA) is 62.8 Å². The van der Waals surface area contributed by atoms with Crippen molar-refractivity contribution < 1.29 is 14.3 Å². The third-order valence-corrected chi connectivity index (χ3v) is 6.32. The van der Waals surface area contributed by atoms with Gasteiger partial charge in [0.15, 0.2) is 11.5 Å². The number of hydrogen-bond acceptors (Lipinski definition) is 5. The number of urea groups is 1. The number of hydrogen-bond donors (Lipinski definition) is 2. The molecule has 2 aromatic carbocycles. The number of anilines is 1. The van der Waals surface area contributed by atoms with Crippen LogP contribution in [0.25, 0.3) is 0 Å². The molecule has 2 aliphatic rings. The third-order valence-electron chi connectivity index (χ3n) is 5.25. The van der Waals surface area contributed by atoms with Crippen molar-refractivity contribution in [3.63, 3.8) is 0 Å². The first kappa shape index (κ1) is 19.9. The van der Waals surface area contributed by atoms with Gasteiger partial charge in [-0.25, -0.2) is 4.79 Å². The number of carbonyl (C=O) groups is 1. The van der Waals surface area contributed by atoms with Crippen molar-refractivity contribution in [2.75, 3.05) is 45.2 Å². The molecule has 154 valence electrons. The summed E-state index contributed by atoms with van der Waals surface area (Å²) in [4.78, 5) is 16.9. The van der Waals surface area contributed by atoms with Crippen LogP contribution in [0.1, 0.15) is 12.8 Å². The van der Waals surface area contributed by atoms with Crippen LogP contribution < -0.4 is 20.1 Å². The van der Waals surface area contributed by atoms with Gasteiger partial charge in [-0.3, -0.25) is 0 Å². The lowest BCUT2D eigenvalue weighted by molar-refractivity contribution is 0.171. The van der Waals surface area contributed by atoms with Crippen molar-refractivity contribution in [3.05, 3.63) is 42.5 Å². The molecule has 4 rings (SSSR count). The van der Waals surface area contributed by atoms with E-state index in [0.29, 0.717) is 37.2 Å². The summed E-state index contributed by atoms with van der Waals surface area (Å²) in [5, 5.41) is 6.05. The molecule has 0 aliphatic carbocycles. The molecule has 0 spiro atoms. The molecule has 2 aromatic rings. The van der Waals surface area contributed by atoms with Crippen molar-refractivity contribution >= 4 is 23.5 Å². The molecule has 0 bridgehead atoms. The molecule has 2 heterocycles. The Morgan fingerprint density at radius 3 is 2.52 bits per heavy atom. The molecule has 0 aromatic heterocycles. The van der Waals surface area contributed by atoms with Crippen molar-refractivity contribution in [3.8, 4) is 11.5 Å². The number of likely N-dealkylation sites (tertiary alicyclic amines) is 1. The van der Waals surface area contributed by atoms with Crippen molar-refractivity contribution in [2.45, 2.75) is 22.6 Å². The molecular weight excluding hydrogens is 386 g/mol. The highest BCUT2D eigenvalue weighted by Gasteiger charge is 2.20. The van der Waals surface area contributed by atoms with Gasteiger partial charge in [0, 0.05) is 28.5 Å². The summed E-state index contributed by atoms with van der Waals surface area (Å²) in [6, 6.07) is 13.7. The minimum atomic E-state index is -0.185. The Morgan fingerprint density at radius 1 is 1.10 bits per heavy atom. The van der Waals surface area contributed by atoms with Crippen molar-refractivity contribution in [1.29, 1.82) is 0 Å². The first-order valence-electron chi connectivity index (χ1n) is 10.1. The van der Waals surface area contributed by atoms with E-state index < -0.39 is 0 Å². The number of amides is 2. The normalized spacial score (nSPS) is 17.0. The van der Waals surface area contributed by atoms with E-state index in [2.05, 4.69) is 22.6 Å². The summed E-state index contributed by atoms with van der Waals surface area (Å²) in [6.07, 6.45) is 2.24. The summed E-state index contributed by atoms with van der Waals surface area (Å²) in [6.45, 7) is 3.93. The highest BCUT2D eigenvalue weighted by atomic mass is 32.2. The van der Waals surface area contributed by atoms with Crippen LogP contribution in [0.2, 0.25) is 0 Å². The van der Waals surface area contributed by atoms with E-state index in [1.807, 2.05) is 42.5 Å². The van der Waals surface area contributed by atoms with E-state index in [1.165, 1.54) is 0 Å². The fourth-order valence-electron chi connectivity index (χ4n) is 3.54. The molecule has 0 atom stereocenters. The largest absolute Gasteiger partial charge is 0.486 e. The molecule has 7 heteroatoms. The Balaban J connectivity index is 1.45. The van der Waals surface area contributed by atoms with E-state index >= 15 is 0 Å². The van der Waals surface area contributed by atoms with Crippen LogP contribution in [-0.2, 0) is 0 Å². The van der Waals surface area contributed by atoms with Gasteiger partial charge in [0.05, 0.1) is 5.69 Å². The van der Waals surface area contributed by atoms with Crippen molar-refractivity contribution in [2.24, 2.45) is 5.92 Å². The average molecular weight is 414 g/mol. The lowest BCUT2D eigenvalue weighted by Crippen LogP contribution is -2.38. The summed E-state index contributed by atoms with van der Waals surface area (Å²) < 4.78 is 11.4. The second kappa shape index (κ2) is 9.41. The van der Waals surface area contributed by atoms with Crippen LogP contribution in [0.3, 0.4) is 0 Å². The molecule has 1 saturated heterocycles. The number of carbonyl (C=O) groups excluding carboxylic acids is 1. The van der Waals surface area contributed by atoms with Gasteiger partial charge in [0.1, 0.15) is 13.2 Å². The zero-order valence-electron chi connectivity index (χ0n) is 16.6. The van der Waals surface area contributed by atoms with E-state index in [9.17, 15) is 4.79 Å². The van der Waals surface area contributed by atoms with Gasteiger partial charge in [0.25, 0.3) is 0 Å². The lowest BCUT2D eigenvalue weighted by atomic mass is 9.97. The van der Waals surface area contributed by atoms with Crippen LogP contribution in [0.15, 0.2) is 52.3 Å². The Labute approximate surface area is 175 Å². The Bertz CT molecular complexity index is 839. The maximum Gasteiger partial charge on any atom is 0.319 e. The van der Waals surface area contributed by atoms with Gasteiger partial charge in [-0.05, 0) is 51.0 Å². The molecule has 2 amide bonds. The molecule has 0 saturated carbocycles. The minimum Gasteiger partial charge on any atom is -0.486 e. The highest BCUT2D eigenvalue weighted by molar-refractivity contribution is 7.99. The third kappa shape index (κ3) is 5.36. The van der Waals surface area contributed by atoms with Gasteiger partial charge in [-0.1, -0.05) is 30.0 Å². The zero-order valence-corrected chi connectivity index (χ0v) is 17.5. The fourth-order valence-corrected chi connectivity index (χ4v) is 4.47. The van der Waals surface area contributed by atoms with Crippen LogP contribution >= 0.6 is 11.8 Å². The summed E-state index contributed by atoms with van der Waals surface area (Å²) in [5.41, 5.74) is 0.726. The summed E-state index contributed by atoms with van der Waals surface area (Å²) in [5.74, 6) is 1.92. The molecular formula is C22H27N3O3S. The van der Waals surface area contributed by atoms with Gasteiger partial charge in [-0.15, -0.1) is 0 Å². The van der Waals surface area contributed by atoms with E-state index in [-0.39, 0.29) is 6.03 Å². The highest BCUT2D eigenvalue weighted by Crippen LogP contribution is 2.42. The first-order valence-corrected chi connectivity index (χ1v) is 10.9. The number of benzene rings is 2. The van der Waals surface area contributed by atoms with Crippen LogP contribution in [-0.4, -0.2) is 50.8 Å². The summed E-state index contributed by atoms with van der Waals surface area (Å²) >= 11 is 1.59. The molecule has 6 nitrogen and oxygen atoms in total. The van der Waals surface area contributed by atoms with E-state index in [4.69, 9.17) is 9.47 Å². The van der Waals surface area contributed by atoms with Crippen LogP contribution in [0.4, 0.5) is 10.5 Å². The average Bonchev–Trinajstić information content (AvgIpc) is 2.74. The number of fused-ring (bicyclic) bond motifs is 1. The predicted molar refractivity (Wildman–Crippen MR) is 115 cm³/mol. The number of nitrogens with zero attached hydrogens (tertiary/aromatic N) is 1. The fraction of sp³-hybridized carbons (Fsp3) is 0.409. The Kier molecular flexibility index (Phi) is 6.46. The predicted octanol–water partition coefficient (Wildman–Crippen LogP) is 4.07. The Hall–Kier alpha value is -2.38. The molecule has 2 aliphatic heterocycles. The van der Waals surface area contributed by atoms with Gasteiger partial charge in [0.2, 0.25) is 0 Å². The number of ether oxygens (including phenoxy) is 2. The van der Waals surface area contributed by atoms with Gasteiger partial charge < -0.3 is 25.0 Å². The van der Waals surface area contributed by atoms with Crippen LogP contribution in [0.5, 0.6) is 11.5 Å². The second-order valence-electron chi connectivity index (χ2n) is 7.49. The zero-order chi connectivity index (χ0) is 20.1. The maximum absolute atomic E-state index is 12.6. The standard InChI is InChI=1S/C22H27N3O3S/c1-25-9-7-16(8-10-25)15-23-22(26)24-18-13-19-20(28-12-11-27-19)14-21(18)29-17-5-3-2-4-6-17/h2-6,13-14,16H,7-12,15H2,1H3,(H2,23,24,26). The van der Waals surface area contributed by atoms with Gasteiger partial charge >= 0.3 is 6.03 Å². The SMILES string of the molecule is CN1CCC(CNC(=O)Nc2cc3c(cc2Sc2ccccc2)OCCO3)CC1. The van der Waals surface area contributed by atoms with Gasteiger partial charge in [-0.2, -0.15) is 0 Å². The molecule has 0 unspecified atom stereocenters. The molecule has 29 heavy (non-hydrogen) atoms. The Morgan fingerprint density at radius 2 is 1.79 bits per heavy atom. The smallest absolute Gasteiger partial charge is 0.319 e. The van der Waals surface area contributed by atoms with E-state index in [1.54, 1.807) is 11.8 Å². The molecule has 1 fully saturated rings. The first-order chi connectivity index (χ1) is 14.2. The lowest BCUT2D eigenvalue weighted by Gasteiger charge is -2.29. The number of rotatable bonds is 5.